The Morgan fingerprint density at radius 2 is 2.14 bits per heavy atom. The van der Waals surface area contributed by atoms with Gasteiger partial charge in [0.2, 0.25) is 0 Å². The van der Waals surface area contributed by atoms with Crippen LogP contribution >= 0.6 is 0 Å². The van der Waals surface area contributed by atoms with E-state index in [0.29, 0.717) is 24.0 Å². The maximum Gasteiger partial charge on any atom is 0.334 e. The number of fused-ring (bicyclic) bond motifs is 1. The zero-order valence-corrected chi connectivity index (χ0v) is 13.2. The Morgan fingerprint density at radius 1 is 1.45 bits per heavy atom. The number of hydrogen-bond donors (Lipinski definition) is 1. The van der Waals surface area contributed by atoms with Gasteiger partial charge in [-0.2, -0.15) is 0 Å². The molecule has 5 nitrogen and oxygen atoms in total. The van der Waals surface area contributed by atoms with Gasteiger partial charge in [-0.3, -0.25) is 4.79 Å². The largest absolute Gasteiger partial charge is 0.458 e. The fraction of sp³-hybridized carbons (Fsp3) is 0.529. The summed E-state index contributed by atoms with van der Waals surface area (Å²) in [6, 6.07) is 0. The van der Waals surface area contributed by atoms with Gasteiger partial charge in [-0.15, -0.1) is 0 Å². The lowest BCUT2D eigenvalue weighted by Gasteiger charge is -2.27. The van der Waals surface area contributed by atoms with Crippen LogP contribution in [0.15, 0.2) is 35.5 Å². The third kappa shape index (κ3) is 3.47. The normalized spacial score (nSPS) is 32.5. The molecule has 120 valence electrons. The Hall–Kier alpha value is -1.88. The van der Waals surface area contributed by atoms with Gasteiger partial charge in [0.15, 0.2) is 0 Å². The Morgan fingerprint density at radius 3 is 2.77 bits per heavy atom. The molecule has 1 aliphatic heterocycles. The summed E-state index contributed by atoms with van der Waals surface area (Å²) in [5, 5.41) is 10.2. The van der Waals surface area contributed by atoms with Crippen molar-refractivity contribution in [1.82, 2.24) is 0 Å². The van der Waals surface area contributed by atoms with Gasteiger partial charge in [-0.1, -0.05) is 18.2 Å². The summed E-state index contributed by atoms with van der Waals surface area (Å²) in [5.41, 5.74) is 2.03. The third-order valence-electron chi connectivity index (χ3n) is 4.15. The van der Waals surface area contributed by atoms with E-state index in [1.165, 1.54) is 6.92 Å². The summed E-state index contributed by atoms with van der Waals surface area (Å²) in [5.74, 6) is -1.33. The van der Waals surface area contributed by atoms with Crippen molar-refractivity contribution in [2.24, 2.45) is 5.92 Å². The second kappa shape index (κ2) is 6.48. The molecule has 0 saturated carbocycles. The molecule has 22 heavy (non-hydrogen) atoms. The predicted molar refractivity (Wildman–Crippen MR) is 80.8 cm³/mol. The Bertz CT molecular complexity index is 557. The van der Waals surface area contributed by atoms with Crippen LogP contribution in [-0.2, 0) is 19.1 Å². The molecule has 1 saturated heterocycles. The lowest BCUT2D eigenvalue weighted by Crippen LogP contribution is -2.33. The Balaban J connectivity index is 2.44. The molecule has 1 fully saturated rings. The number of esters is 2. The minimum atomic E-state index is -0.665. The van der Waals surface area contributed by atoms with Crippen molar-refractivity contribution in [3.8, 4) is 0 Å². The maximum atomic E-state index is 11.9. The van der Waals surface area contributed by atoms with E-state index < -0.39 is 36.2 Å². The van der Waals surface area contributed by atoms with Crippen LogP contribution < -0.4 is 0 Å². The lowest BCUT2D eigenvalue weighted by molar-refractivity contribution is -0.147. The first-order valence-corrected chi connectivity index (χ1v) is 7.38. The van der Waals surface area contributed by atoms with Crippen LogP contribution in [0.5, 0.6) is 0 Å². The van der Waals surface area contributed by atoms with Gasteiger partial charge >= 0.3 is 11.9 Å². The minimum Gasteiger partial charge on any atom is -0.458 e. The minimum absolute atomic E-state index is 0.308. The SMILES string of the molecule is C=C1C(=O)OC2CC(C)=CCC(O)C(C)=CC(OC(C)=O)C12. The molecule has 1 N–H and O–H groups in total. The molecule has 5 heteroatoms. The van der Waals surface area contributed by atoms with Crippen molar-refractivity contribution in [3.05, 3.63) is 35.5 Å². The van der Waals surface area contributed by atoms with Crippen LogP contribution in [0.1, 0.15) is 33.6 Å². The molecule has 0 radical (unpaired) electrons. The van der Waals surface area contributed by atoms with E-state index in [1.54, 1.807) is 13.0 Å². The lowest BCUT2D eigenvalue weighted by atomic mass is 9.85. The van der Waals surface area contributed by atoms with Crippen LogP contribution in [0.2, 0.25) is 0 Å². The van der Waals surface area contributed by atoms with Gasteiger partial charge in [0.05, 0.1) is 12.0 Å². The number of carbonyl (C=O) groups excluding carboxylic acids is 2. The standard InChI is InChI=1S/C17H22O5/c1-9-5-6-13(19)10(2)8-15(21-12(4)18)16-11(3)17(20)22-14(16)7-9/h5,8,13-16,19H,3,6-7H2,1-2,4H3. The van der Waals surface area contributed by atoms with E-state index in [9.17, 15) is 14.7 Å². The van der Waals surface area contributed by atoms with Gasteiger partial charge in [-0.25, -0.2) is 4.79 Å². The molecule has 4 unspecified atom stereocenters. The average Bonchev–Trinajstić information content (AvgIpc) is 2.69. The fourth-order valence-corrected chi connectivity index (χ4v) is 2.90. The van der Waals surface area contributed by atoms with E-state index in [1.807, 2.05) is 13.0 Å². The number of rotatable bonds is 1. The van der Waals surface area contributed by atoms with Gasteiger partial charge in [0, 0.05) is 18.9 Å². The van der Waals surface area contributed by atoms with E-state index in [-0.39, 0.29) is 0 Å². The second-order valence-corrected chi connectivity index (χ2v) is 5.99. The Kier molecular flexibility index (Phi) is 4.86. The highest BCUT2D eigenvalue weighted by Crippen LogP contribution is 2.36. The molecule has 0 aromatic heterocycles. The smallest absolute Gasteiger partial charge is 0.334 e. The van der Waals surface area contributed by atoms with Gasteiger partial charge in [0.1, 0.15) is 12.2 Å². The number of ether oxygens (including phenoxy) is 2. The zero-order valence-electron chi connectivity index (χ0n) is 13.2. The molecule has 4 atom stereocenters. The highest BCUT2D eigenvalue weighted by Gasteiger charge is 2.44. The topological polar surface area (TPSA) is 72.8 Å². The molecule has 2 rings (SSSR count). The molecular weight excluding hydrogens is 284 g/mol. The maximum absolute atomic E-state index is 11.9. The van der Waals surface area contributed by atoms with Crippen LogP contribution in [0.3, 0.4) is 0 Å². The summed E-state index contributed by atoms with van der Waals surface area (Å²) in [6.45, 7) is 8.82. The van der Waals surface area contributed by atoms with Gasteiger partial charge in [0.25, 0.3) is 0 Å². The first-order valence-electron chi connectivity index (χ1n) is 7.38. The van der Waals surface area contributed by atoms with E-state index in [0.717, 1.165) is 5.57 Å². The van der Waals surface area contributed by atoms with Gasteiger partial charge in [-0.05, 0) is 31.9 Å². The number of hydrogen-bond acceptors (Lipinski definition) is 5. The monoisotopic (exact) mass is 306 g/mol. The molecule has 0 aromatic rings. The summed E-state index contributed by atoms with van der Waals surface area (Å²) in [7, 11) is 0. The van der Waals surface area contributed by atoms with Crippen LogP contribution in [-0.4, -0.2) is 35.4 Å². The summed E-state index contributed by atoms with van der Waals surface area (Å²) >= 11 is 0. The molecule has 0 bridgehead atoms. The van der Waals surface area contributed by atoms with E-state index in [2.05, 4.69) is 6.58 Å². The number of aliphatic hydroxyl groups excluding tert-OH is 1. The molecular formula is C17H22O5. The number of carbonyl (C=O) groups is 2. The quantitative estimate of drug-likeness (QED) is 0.456. The van der Waals surface area contributed by atoms with Crippen molar-refractivity contribution in [2.45, 2.75) is 51.9 Å². The first kappa shape index (κ1) is 16.5. The van der Waals surface area contributed by atoms with Crippen molar-refractivity contribution >= 4 is 11.9 Å². The van der Waals surface area contributed by atoms with E-state index >= 15 is 0 Å². The Labute approximate surface area is 130 Å². The van der Waals surface area contributed by atoms with Crippen molar-refractivity contribution < 1.29 is 24.2 Å². The summed E-state index contributed by atoms with van der Waals surface area (Å²) in [6.07, 6.45) is 2.95. The molecule has 2 aliphatic rings. The average molecular weight is 306 g/mol. The summed E-state index contributed by atoms with van der Waals surface area (Å²) in [4.78, 5) is 23.3. The van der Waals surface area contributed by atoms with Crippen molar-refractivity contribution in [3.63, 3.8) is 0 Å². The fourth-order valence-electron chi connectivity index (χ4n) is 2.90. The molecule has 1 aliphatic carbocycles. The van der Waals surface area contributed by atoms with Gasteiger partial charge < -0.3 is 14.6 Å². The van der Waals surface area contributed by atoms with E-state index in [4.69, 9.17) is 9.47 Å². The first-order chi connectivity index (χ1) is 10.3. The predicted octanol–water partition coefficient (Wildman–Crippen LogP) is 2.06. The van der Waals surface area contributed by atoms with Crippen LogP contribution in [0.25, 0.3) is 0 Å². The highest BCUT2D eigenvalue weighted by molar-refractivity contribution is 5.91. The zero-order chi connectivity index (χ0) is 16.4. The second-order valence-electron chi connectivity index (χ2n) is 5.99. The van der Waals surface area contributed by atoms with Crippen LogP contribution in [0, 0.1) is 5.92 Å². The third-order valence-corrected chi connectivity index (χ3v) is 4.15. The summed E-state index contributed by atoms with van der Waals surface area (Å²) < 4.78 is 10.8. The molecule has 1 heterocycles. The molecule has 0 spiro atoms. The molecule has 0 aromatic carbocycles. The number of aliphatic hydroxyl groups is 1. The van der Waals surface area contributed by atoms with Crippen molar-refractivity contribution in [1.29, 1.82) is 0 Å². The highest BCUT2D eigenvalue weighted by atomic mass is 16.6. The van der Waals surface area contributed by atoms with Crippen LogP contribution in [0.4, 0.5) is 0 Å². The molecule has 0 amide bonds. The van der Waals surface area contributed by atoms with Crippen molar-refractivity contribution in [2.75, 3.05) is 0 Å².